The fraction of sp³-hybridized carbons (Fsp3) is 0.231. The first kappa shape index (κ1) is 12.9. The standard InChI is InChI=1S/C13H14N4O2/c1-8-12(9(2)15-14-8)17-16-11-7-5-4-6-10(11)13(18)19-3/h4-7H,1-3H3,(H,14,15). The van der Waals surface area contributed by atoms with E-state index in [0.717, 1.165) is 11.4 Å². The molecule has 0 aliphatic heterocycles. The molecule has 2 rings (SSSR count). The van der Waals surface area contributed by atoms with Gasteiger partial charge in [0.05, 0.1) is 24.1 Å². The molecule has 6 heteroatoms. The van der Waals surface area contributed by atoms with Crippen molar-refractivity contribution < 1.29 is 9.53 Å². The number of carbonyl (C=O) groups is 1. The number of hydrogen-bond acceptors (Lipinski definition) is 5. The number of hydrogen-bond donors (Lipinski definition) is 1. The van der Waals surface area contributed by atoms with Gasteiger partial charge in [-0.25, -0.2) is 4.79 Å². The topological polar surface area (TPSA) is 79.7 Å². The molecule has 0 aliphatic rings. The summed E-state index contributed by atoms with van der Waals surface area (Å²) in [4.78, 5) is 11.6. The lowest BCUT2D eigenvalue weighted by Gasteiger charge is -2.01. The highest BCUT2D eigenvalue weighted by molar-refractivity contribution is 5.94. The summed E-state index contributed by atoms with van der Waals surface area (Å²) < 4.78 is 4.70. The third-order valence-corrected chi connectivity index (χ3v) is 2.66. The summed E-state index contributed by atoms with van der Waals surface area (Å²) in [6, 6.07) is 6.89. The highest BCUT2D eigenvalue weighted by atomic mass is 16.5. The van der Waals surface area contributed by atoms with Crippen molar-refractivity contribution in [2.24, 2.45) is 10.2 Å². The SMILES string of the molecule is COC(=O)c1ccccc1N=Nc1c(C)n[nH]c1C. The lowest BCUT2D eigenvalue weighted by molar-refractivity contribution is 0.0601. The maximum atomic E-state index is 11.6. The molecule has 0 unspecified atom stereocenters. The van der Waals surface area contributed by atoms with Gasteiger partial charge in [-0.15, -0.1) is 10.2 Å². The predicted octanol–water partition coefficient (Wildman–Crippen LogP) is 3.23. The number of H-pyrrole nitrogens is 1. The molecule has 98 valence electrons. The van der Waals surface area contributed by atoms with Crippen LogP contribution in [0.4, 0.5) is 11.4 Å². The van der Waals surface area contributed by atoms with Gasteiger partial charge >= 0.3 is 5.97 Å². The number of rotatable bonds is 3. The number of methoxy groups -OCH3 is 1. The molecule has 0 atom stereocenters. The van der Waals surface area contributed by atoms with E-state index in [9.17, 15) is 4.79 Å². The zero-order valence-electron chi connectivity index (χ0n) is 11.0. The quantitative estimate of drug-likeness (QED) is 0.678. The van der Waals surface area contributed by atoms with Crippen LogP contribution in [-0.2, 0) is 4.74 Å². The highest BCUT2D eigenvalue weighted by Gasteiger charge is 2.11. The summed E-state index contributed by atoms with van der Waals surface area (Å²) in [5, 5.41) is 15.1. The zero-order chi connectivity index (χ0) is 13.8. The third kappa shape index (κ3) is 2.67. The average molecular weight is 258 g/mol. The van der Waals surface area contributed by atoms with Crippen molar-refractivity contribution in [3.8, 4) is 0 Å². The molecule has 2 aromatic rings. The van der Waals surface area contributed by atoms with Gasteiger partial charge in [-0.2, -0.15) is 5.10 Å². The summed E-state index contributed by atoms with van der Waals surface area (Å²) in [5.74, 6) is -0.435. The fourth-order valence-corrected chi connectivity index (χ4v) is 1.64. The molecule has 1 aromatic heterocycles. The molecule has 1 aromatic carbocycles. The number of aryl methyl sites for hydroxylation is 2. The van der Waals surface area contributed by atoms with Crippen molar-refractivity contribution in [3.05, 3.63) is 41.2 Å². The molecule has 6 nitrogen and oxygen atoms in total. The predicted molar refractivity (Wildman–Crippen MR) is 70.0 cm³/mol. The Morgan fingerprint density at radius 2 is 2.00 bits per heavy atom. The maximum absolute atomic E-state index is 11.6. The largest absolute Gasteiger partial charge is 0.465 e. The molecular formula is C13H14N4O2. The molecule has 0 saturated carbocycles. The molecule has 0 bridgehead atoms. The van der Waals surface area contributed by atoms with Crippen LogP contribution < -0.4 is 0 Å². The van der Waals surface area contributed by atoms with E-state index in [1.54, 1.807) is 24.3 Å². The van der Waals surface area contributed by atoms with Crippen LogP contribution in [0.1, 0.15) is 21.7 Å². The Morgan fingerprint density at radius 3 is 2.63 bits per heavy atom. The van der Waals surface area contributed by atoms with Crippen LogP contribution in [-0.4, -0.2) is 23.3 Å². The number of aromatic amines is 1. The highest BCUT2D eigenvalue weighted by Crippen LogP contribution is 2.25. The van der Waals surface area contributed by atoms with Crippen LogP contribution in [0.15, 0.2) is 34.5 Å². The van der Waals surface area contributed by atoms with Gasteiger partial charge in [0.2, 0.25) is 0 Å². The molecule has 1 heterocycles. The third-order valence-electron chi connectivity index (χ3n) is 2.66. The van der Waals surface area contributed by atoms with E-state index in [4.69, 9.17) is 4.74 Å². The monoisotopic (exact) mass is 258 g/mol. The van der Waals surface area contributed by atoms with Crippen LogP contribution in [0.5, 0.6) is 0 Å². The number of nitrogens with zero attached hydrogens (tertiary/aromatic N) is 3. The number of nitrogens with one attached hydrogen (secondary N) is 1. The van der Waals surface area contributed by atoms with Crippen molar-refractivity contribution in [1.29, 1.82) is 0 Å². The number of benzene rings is 1. The average Bonchev–Trinajstić information content (AvgIpc) is 2.75. The summed E-state index contributed by atoms with van der Waals surface area (Å²) in [6.45, 7) is 3.70. The summed E-state index contributed by atoms with van der Waals surface area (Å²) in [5.41, 5.74) is 3.12. The normalized spacial score (nSPS) is 10.9. The van der Waals surface area contributed by atoms with Gasteiger partial charge < -0.3 is 4.74 Å². The van der Waals surface area contributed by atoms with Gasteiger partial charge in [-0.1, -0.05) is 12.1 Å². The smallest absolute Gasteiger partial charge is 0.340 e. The van der Waals surface area contributed by atoms with Crippen molar-refractivity contribution in [2.75, 3.05) is 7.11 Å². The van der Waals surface area contributed by atoms with Crippen LogP contribution in [0.25, 0.3) is 0 Å². The first-order chi connectivity index (χ1) is 9.13. The zero-order valence-corrected chi connectivity index (χ0v) is 11.0. The fourth-order valence-electron chi connectivity index (χ4n) is 1.64. The second kappa shape index (κ2) is 5.43. The van der Waals surface area contributed by atoms with Crippen LogP contribution >= 0.6 is 0 Å². The number of azo groups is 1. The van der Waals surface area contributed by atoms with E-state index in [1.165, 1.54) is 7.11 Å². The lowest BCUT2D eigenvalue weighted by atomic mass is 10.2. The minimum absolute atomic E-state index is 0.382. The Hall–Kier alpha value is -2.50. The van der Waals surface area contributed by atoms with E-state index in [0.29, 0.717) is 16.9 Å². The van der Waals surface area contributed by atoms with Gasteiger partial charge in [0.25, 0.3) is 0 Å². The molecular weight excluding hydrogens is 244 g/mol. The number of esters is 1. The Bertz CT molecular complexity index is 612. The minimum atomic E-state index is -0.435. The summed E-state index contributed by atoms with van der Waals surface area (Å²) in [7, 11) is 1.33. The number of carbonyl (C=O) groups excluding carboxylic acids is 1. The first-order valence-corrected chi connectivity index (χ1v) is 5.74. The molecule has 0 amide bonds. The molecule has 19 heavy (non-hydrogen) atoms. The van der Waals surface area contributed by atoms with Gasteiger partial charge in [-0.3, -0.25) is 5.10 Å². The van der Waals surface area contributed by atoms with Crippen LogP contribution in [0, 0.1) is 13.8 Å². The Kier molecular flexibility index (Phi) is 3.70. The van der Waals surface area contributed by atoms with E-state index in [-0.39, 0.29) is 0 Å². The Labute approximate surface area is 110 Å². The van der Waals surface area contributed by atoms with Gasteiger partial charge in [0.15, 0.2) is 0 Å². The van der Waals surface area contributed by atoms with E-state index < -0.39 is 5.97 Å². The number of aromatic nitrogens is 2. The maximum Gasteiger partial charge on any atom is 0.340 e. The molecule has 1 N–H and O–H groups in total. The van der Waals surface area contributed by atoms with Crippen LogP contribution in [0.2, 0.25) is 0 Å². The van der Waals surface area contributed by atoms with E-state index in [1.807, 2.05) is 13.8 Å². The van der Waals surface area contributed by atoms with Crippen molar-refractivity contribution in [2.45, 2.75) is 13.8 Å². The Balaban J connectivity index is 2.36. The first-order valence-electron chi connectivity index (χ1n) is 5.74. The van der Waals surface area contributed by atoms with E-state index in [2.05, 4.69) is 20.4 Å². The second-order valence-electron chi connectivity index (χ2n) is 3.99. The molecule has 0 aliphatic carbocycles. The second-order valence-corrected chi connectivity index (χ2v) is 3.99. The van der Waals surface area contributed by atoms with Gasteiger partial charge in [0.1, 0.15) is 11.4 Å². The van der Waals surface area contributed by atoms with Crippen molar-refractivity contribution in [3.63, 3.8) is 0 Å². The number of ether oxygens (including phenoxy) is 1. The molecule has 0 spiro atoms. The van der Waals surface area contributed by atoms with Gasteiger partial charge in [-0.05, 0) is 26.0 Å². The molecule has 0 saturated heterocycles. The van der Waals surface area contributed by atoms with Crippen LogP contribution in [0.3, 0.4) is 0 Å². The summed E-state index contributed by atoms with van der Waals surface area (Å²) in [6.07, 6.45) is 0. The lowest BCUT2D eigenvalue weighted by Crippen LogP contribution is -2.00. The molecule has 0 fully saturated rings. The van der Waals surface area contributed by atoms with Crippen molar-refractivity contribution >= 4 is 17.3 Å². The van der Waals surface area contributed by atoms with Crippen molar-refractivity contribution in [1.82, 2.24) is 10.2 Å². The Morgan fingerprint density at radius 1 is 1.26 bits per heavy atom. The summed E-state index contributed by atoms with van der Waals surface area (Å²) >= 11 is 0. The van der Waals surface area contributed by atoms with Gasteiger partial charge in [0, 0.05) is 0 Å². The molecule has 0 radical (unpaired) electrons. The van der Waals surface area contributed by atoms with E-state index >= 15 is 0 Å². The minimum Gasteiger partial charge on any atom is -0.465 e.